The van der Waals surface area contributed by atoms with Gasteiger partial charge in [0.25, 0.3) is 5.56 Å². The molecule has 190 valence electrons. The van der Waals surface area contributed by atoms with Gasteiger partial charge in [0.1, 0.15) is 12.3 Å². The Hall–Kier alpha value is -4.18. The summed E-state index contributed by atoms with van der Waals surface area (Å²) in [6.45, 7) is 0.517. The number of ketones is 1. The van der Waals surface area contributed by atoms with Crippen LogP contribution in [0.25, 0.3) is 22.0 Å². The van der Waals surface area contributed by atoms with Crippen molar-refractivity contribution in [2.24, 2.45) is 5.92 Å². The summed E-state index contributed by atoms with van der Waals surface area (Å²) in [7, 11) is 0. The Labute approximate surface area is 208 Å². The highest BCUT2D eigenvalue weighted by molar-refractivity contribution is 6.18. The van der Waals surface area contributed by atoms with Crippen LogP contribution in [-0.2, 0) is 20.5 Å². The van der Waals surface area contributed by atoms with Gasteiger partial charge in [-0.3, -0.25) is 9.59 Å². The number of benzene rings is 2. The third-order valence-corrected chi connectivity index (χ3v) is 6.63. The van der Waals surface area contributed by atoms with Crippen molar-refractivity contribution in [2.75, 3.05) is 18.2 Å². The van der Waals surface area contributed by atoms with E-state index in [1.54, 1.807) is 30.4 Å². The van der Waals surface area contributed by atoms with E-state index in [1.165, 1.54) is 30.3 Å². The Morgan fingerprint density at radius 1 is 1.14 bits per heavy atom. The second kappa shape index (κ2) is 9.36. The molecule has 7 nitrogen and oxygen atoms in total. The molecule has 1 saturated heterocycles. The number of nitrogens with one attached hydrogen (secondary N) is 1. The number of ether oxygens (including phenoxy) is 1. The first kappa shape index (κ1) is 24.5. The SMILES string of the molecule is O=C(O)C1=CC=CC(C[C@@H]2COCN2c2ccc3cc(-c4ccccc4C(F)(F)F)[nH]c(=O)c3c2)C1=O. The van der Waals surface area contributed by atoms with Crippen LogP contribution < -0.4 is 10.5 Å². The van der Waals surface area contributed by atoms with E-state index >= 15 is 0 Å². The number of aliphatic carboxylic acids is 1. The molecule has 37 heavy (non-hydrogen) atoms. The molecule has 0 saturated carbocycles. The molecule has 0 bridgehead atoms. The number of halogens is 3. The number of aromatic nitrogens is 1. The number of alkyl halides is 3. The van der Waals surface area contributed by atoms with Crippen LogP contribution in [0, 0.1) is 5.92 Å². The van der Waals surface area contributed by atoms with Gasteiger partial charge in [0.2, 0.25) is 0 Å². The van der Waals surface area contributed by atoms with Crippen LogP contribution in [0.2, 0.25) is 0 Å². The fourth-order valence-corrected chi connectivity index (χ4v) is 4.81. The van der Waals surface area contributed by atoms with Crippen LogP contribution >= 0.6 is 0 Å². The minimum atomic E-state index is -4.58. The molecule has 2 aliphatic rings. The number of carbonyl (C=O) groups is 2. The predicted octanol–water partition coefficient (Wildman–Crippen LogP) is 4.53. The maximum Gasteiger partial charge on any atom is 0.417 e. The van der Waals surface area contributed by atoms with Crippen LogP contribution in [-0.4, -0.2) is 41.2 Å². The summed E-state index contributed by atoms with van der Waals surface area (Å²) < 4.78 is 46.1. The standard InChI is InChI=1S/C27H21F3N2O5/c28-27(29,30)22-7-2-1-5-19(22)23-11-15-8-9-17(12-21(15)25(34)31-23)32-14-37-13-18(32)10-16-4-3-6-20(24(16)33)26(35)36/h1-9,11-12,16,18H,10,13-14H2,(H,31,34)(H,35,36)/t16?,18-/m1/s1. The monoisotopic (exact) mass is 510 g/mol. The Kier molecular flexibility index (Phi) is 6.20. The van der Waals surface area contributed by atoms with Gasteiger partial charge in [0.15, 0.2) is 5.78 Å². The zero-order valence-electron chi connectivity index (χ0n) is 19.3. The third kappa shape index (κ3) is 4.67. The number of anilines is 1. The number of carboxylic acids is 1. The molecule has 2 N–H and O–H groups in total. The van der Waals surface area contributed by atoms with Crippen molar-refractivity contribution in [3.63, 3.8) is 0 Å². The number of hydrogen-bond donors (Lipinski definition) is 2. The number of hydrogen-bond acceptors (Lipinski definition) is 5. The minimum Gasteiger partial charge on any atom is -0.478 e. The molecule has 0 radical (unpaired) electrons. The topological polar surface area (TPSA) is 99.7 Å². The number of Topliss-reactive ketones (excluding diaryl/α,β-unsaturated/α-hetero) is 1. The van der Waals surface area contributed by atoms with Crippen molar-refractivity contribution in [3.8, 4) is 11.3 Å². The highest BCUT2D eigenvalue weighted by atomic mass is 19.4. The summed E-state index contributed by atoms with van der Waals surface area (Å²) >= 11 is 0. The zero-order chi connectivity index (χ0) is 26.3. The molecular formula is C27H21F3N2O5. The lowest BCUT2D eigenvalue weighted by Crippen LogP contribution is -2.35. The maximum atomic E-state index is 13.5. The van der Waals surface area contributed by atoms with Crippen molar-refractivity contribution in [1.29, 1.82) is 0 Å². The van der Waals surface area contributed by atoms with Crippen LogP contribution in [0.5, 0.6) is 0 Å². The first-order valence-corrected chi connectivity index (χ1v) is 11.5. The molecule has 2 aromatic carbocycles. The van der Waals surface area contributed by atoms with E-state index in [1.807, 2.05) is 4.90 Å². The van der Waals surface area contributed by atoms with Crippen LogP contribution in [0.3, 0.4) is 0 Å². The van der Waals surface area contributed by atoms with Gasteiger partial charge < -0.3 is 19.7 Å². The quantitative estimate of drug-likeness (QED) is 0.490. The van der Waals surface area contributed by atoms with E-state index in [9.17, 15) is 32.7 Å². The zero-order valence-corrected chi connectivity index (χ0v) is 19.3. The number of pyridine rings is 1. The van der Waals surface area contributed by atoms with E-state index in [4.69, 9.17) is 4.74 Å². The second-order valence-electron chi connectivity index (χ2n) is 8.93. The molecule has 1 aliphatic heterocycles. The Balaban J connectivity index is 1.44. The second-order valence-corrected chi connectivity index (χ2v) is 8.93. The van der Waals surface area contributed by atoms with Gasteiger partial charge in [-0.1, -0.05) is 36.4 Å². The molecule has 1 aliphatic carbocycles. The normalized spacial score (nSPS) is 19.9. The number of fused-ring (bicyclic) bond motifs is 1. The summed E-state index contributed by atoms with van der Waals surface area (Å²) in [4.78, 5) is 41.3. The summed E-state index contributed by atoms with van der Waals surface area (Å²) in [5.41, 5.74) is -1.06. The fraction of sp³-hybridized carbons (Fsp3) is 0.222. The Bertz CT molecular complexity index is 1520. The van der Waals surface area contributed by atoms with Gasteiger partial charge >= 0.3 is 12.1 Å². The number of aromatic amines is 1. The maximum absolute atomic E-state index is 13.5. The smallest absolute Gasteiger partial charge is 0.417 e. The molecule has 1 unspecified atom stereocenters. The number of rotatable bonds is 5. The lowest BCUT2D eigenvalue weighted by molar-refractivity contribution is -0.137. The van der Waals surface area contributed by atoms with Crippen molar-refractivity contribution in [2.45, 2.75) is 18.6 Å². The highest BCUT2D eigenvalue weighted by Crippen LogP contribution is 2.37. The Morgan fingerprint density at radius 2 is 1.92 bits per heavy atom. The minimum absolute atomic E-state index is 0.0606. The van der Waals surface area contributed by atoms with Gasteiger partial charge in [0.05, 0.1) is 18.2 Å². The number of H-pyrrole nitrogens is 1. The third-order valence-electron chi connectivity index (χ3n) is 6.63. The molecule has 0 spiro atoms. The van der Waals surface area contributed by atoms with E-state index in [0.29, 0.717) is 29.5 Å². The van der Waals surface area contributed by atoms with Gasteiger partial charge in [-0.15, -0.1) is 0 Å². The summed E-state index contributed by atoms with van der Waals surface area (Å²) in [5, 5.41) is 10.0. The molecule has 5 rings (SSSR count). The molecule has 2 heterocycles. The van der Waals surface area contributed by atoms with Gasteiger partial charge in [0, 0.05) is 28.2 Å². The van der Waals surface area contributed by atoms with Gasteiger partial charge in [-0.2, -0.15) is 13.2 Å². The first-order chi connectivity index (χ1) is 17.6. The highest BCUT2D eigenvalue weighted by Gasteiger charge is 2.35. The van der Waals surface area contributed by atoms with E-state index in [-0.39, 0.29) is 29.6 Å². The molecule has 3 aromatic rings. The fourth-order valence-electron chi connectivity index (χ4n) is 4.81. The number of carboxylic acid groups (broad SMARTS) is 1. The molecule has 10 heteroatoms. The molecule has 1 fully saturated rings. The van der Waals surface area contributed by atoms with Crippen molar-refractivity contribution < 1.29 is 32.6 Å². The lowest BCUT2D eigenvalue weighted by Gasteiger charge is -2.27. The number of nitrogens with zero attached hydrogens (tertiary/aromatic N) is 1. The van der Waals surface area contributed by atoms with Gasteiger partial charge in [-0.05, 0) is 42.1 Å². The Morgan fingerprint density at radius 3 is 2.68 bits per heavy atom. The van der Waals surface area contributed by atoms with Gasteiger partial charge in [-0.25, -0.2) is 4.79 Å². The van der Waals surface area contributed by atoms with E-state index in [2.05, 4.69) is 4.98 Å². The summed E-state index contributed by atoms with van der Waals surface area (Å²) in [6, 6.07) is 11.3. The number of carbonyl (C=O) groups excluding carboxylic acids is 1. The predicted molar refractivity (Wildman–Crippen MR) is 130 cm³/mol. The summed E-state index contributed by atoms with van der Waals surface area (Å²) in [6.07, 6.45) is 0.242. The van der Waals surface area contributed by atoms with Crippen LogP contribution in [0.15, 0.2) is 77.1 Å². The average molecular weight is 510 g/mol. The van der Waals surface area contributed by atoms with Crippen LogP contribution in [0.4, 0.5) is 18.9 Å². The molecule has 0 amide bonds. The van der Waals surface area contributed by atoms with Crippen molar-refractivity contribution in [3.05, 3.63) is 88.2 Å². The first-order valence-electron chi connectivity index (χ1n) is 11.5. The van der Waals surface area contributed by atoms with Crippen molar-refractivity contribution >= 4 is 28.2 Å². The average Bonchev–Trinajstić information content (AvgIpc) is 3.32. The molecule has 1 aromatic heterocycles. The van der Waals surface area contributed by atoms with E-state index in [0.717, 1.165) is 6.07 Å². The van der Waals surface area contributed by atoms with Crippen molar-refractivity contribution in [1.82, 2.24) is 4.98 Å². The number of allylic oxidation sites excluding steroid dienone is 3. The summed E-state index contributed by atoms with van der Waals surface area (Å²) in [5.74, 6) is -2.36. The van der Waals surface area contributed by atoms with Crippen LogP contribution in [0.1, 0.15) is 12.0 Å². The molecule has 2 atom stereocenters. The lowest BCUT2D eigenvalue weighted by atomic mass is 9.87. The van der Waals surface area contributed by atoms with E-state index < -0.39 is 35.0 Å². The largest absolute Gasteiger partial charge is 0.478 e. The molecular weight excluding hydrogens is 489 g/mol.